The summed E-state index contributed by atoms with van der Waals surface area (Å²) >= 11 is 0. The maximum Gasteiger partial charge on any atom is 0.191 e. The summed E-state index contributed by atoms with van der Waals surface area (Å²) in [7, 11) is 0. The molecule has 0 atom stereocenters. The Labute approximate surface area is 191 Å². The third-order valence-corrected chi connectivity index (χ3v) is 5.04. The summed E-state index contributed by atoms with van der Waals surface area (Å²) in [6, 6.07) is 10.9. The average Bonchev–Trinajstić information content (AvgIpc) is 3.16. The number of nitrogens with zero attached hydrogens (tertiary/aromatic N) is 4. The Morgan fingerprint density at radius 3 is 2.72 bits per heavy atom. The maximum atomic E-state index is 4.79. The van der Waals surface area contributed by atoms with Crippen molar-refractivity contribution in [3.63, 3.8) is 0 Å². The van der Waals surface area contributed by atoms with Gasteiger partial charge in [0, 0.05) is 51.2 Å². The van der Waals surface area contributed by atoms with Crippen LogP contribution in [0.25, 0.3) is 0 Å². The number of hydrogen-bond donors (Lipinski definition) is 2. The van der Waals surface area contributed by atoms with Crippen LogP contribution in [0.5, 0.6) is 0 Å². The predicted octanol–water partition coefficient (Wildman–Crippen LogP) is 3.25. The predicted molar refractivity (Wildman–Crippen MR) is 131 cm³/mol. The standard InChI is InChI=1S/C22H32N6.HI/c1-3-13-27-14-10-20(11-15-27)26-22(23-4-2)25-17-21-24-12-16-28(21)18-19-8-6-5-7-9-19;/h3,5-9,12,16,20H,1,4,10-11,13-15,17-18H2,2H3,(H2,23,25,26);1H. The Kier molecular flexibility index (Phi) is 10.2. The number of aromatic nitrogens is 2. The van der Waals surface area contributed by atoms with Crippen LogP contribution in [0.1, 0.15) is 31.2 Å². The van der Waals surface area contributed by atoms with E-state index in [1.165, 1.54) is 5.56 Å². The molecule has 29 heavy (non-hydrogen) atoms. The highest BCUT2D eigenvalue weighted by atomic mass is 127. The molecule has 3 rings (SSSR count). The van der Waals surface area contributed by atoms with Crippen LogP contribution in [0.4, 0.5) is 0 Å². The number of guanidine groups is 1. The number of likely N-dealkylation sites (tertiary alicyclic amines) is 1. The molecule has 2 aromatic rings. The lowest BCUT2D eigenvalue weighted by Gasteiger charge is -2.32. The summed E-state index contributed by atoms with van der Waals surface area (Å²) in [5, 5.41) is 6.97. The first-order chi connectivity index (χ1) is 13.8. The normalized spacial score (nSPS) is 15.6. The van der Waals surface area contributed by atoms with Crippen LogP contribution in [0.2, 0.25) is 0 Å². The van der Waals surface area contributed by atoms with Crippen LogP contribution in [-0.2, 0) is 13.1 Å². The second-order valence-electron chi connectivity index (χ2n) is 7.16. The molecular formula is C22H33IN6. The van der Waals surface area contributed by atoms with E-state index in [4.69, 9.17) is 4.99 Å². The molecule has 0 spiro atoms. The molecule has 0 aliphatic carbocycles. The number of aliphatic imine (C=N–C) groups is 1. The number of hydrogen-bond acceptors (Lipinski definition) is 3. The zero-order valence-corrected chi connectivity index (χ0v) is 19.6. The molecule has 0 bridgehead atoms. The molecule has 158 valence electrons. The van der Waals surface area contributed by atoms with Crippen LogP contribution in [0.3, 0.4) is 0 Å². The molecule has 0 amide bonds. The van der Waals surface area contributed by atoms with Gasteiger partial charge in [0.1, 0.15) is 12.4 Å². The Hall–Kier alpha value is -1.87. The quantitative estimate of drug-likeness (QED) is 0.249. The molecule has 0 saturated carbocycles. The molecule has 2 heterocycles. The minimum Gasteiger partial charge on any atom is -0.357 e. The van der Waals surface area contributed by atoms with Crippen LogP contribution in [0, 0.1) is 0 Å². The summed E-state index contributed by atoms with van der Waals surface area (Å²) in [6.07, 6.45) is 8.11. The number of benzene rings is 1. The van der Waals surface area contributed by atoms with E-state index in [1.807, 2.05) is 24.5 Å². The molecule has 6 nitrogen and oxygen atoms in total. The van der Waals surface area contributed by atoms with Gasteiger partial charge in [-0.25, -0.2) is 9.98 Å². The second kappa shape index (κ2) is 12.6. The lowest BCUT2D eigenvalue weighted by atomic mass is 10.1. The largest absolute Gasteiger partial charge is 0.357 e. The van der Waals surface area contributed by atoms with Crippen molar-refractivity contribution in [2.45, 2.75) is 38.9 Å². The highest BCUT2D eigenvalue weighted by molar-refractivity contribution is 14.0. The molecule has 0 unspecified atom stereocenters. The second-order valence-corrected chi connectivity index (χ2v) is 7.16. The van der Waals surface area contributed by atoms with E-state index < -0.39 is 0 Å². The molecule has 1 aromatic heterocycles. The van der Waals surface area contributed by atoms with Gasteiger partial charge in [-0.1, -0.05) is 36.4 Å². The van der Waals surface area contributed by atoms with Crippen molar-refractivity contribution in [3.05, 3.63) is 66.8 Å². The van der Waals surface area contributed by atoms with E-state index >= 15 is 0 Å². The van der Waals surface area contributed by atoms with Gasteiger partial charge in [0.05, 0.1) is 0 Å². The number of halogens is 1. The zero-order valence-electron chi connectivity index (χ0n) is 17.3. The van der Waals surface area contributed by atoms with Crippen LogP contribution < -0.4 is 10.6 Å². The van der Waals surface area contributed by atoms with E-state index in [0.717, 1.165) is 57.3 Å². The topological polar surface area (TPSA) is 57.5 Å². The average molecular weight is 508 g/mol. The zero-order chi connectivity index (χ0) is 19.6. The Balaban J connectivity index is 0.00000300. The maximum absolute atomic E-state index is 4.79. The monoisotopic (exact) mass is 508 g/mol. The van der Waals surface area contributed by atoms with Crippen LogP contribution >= 0.6 is 24.0 Å². The Morgan fingerprint density at radius 1 is 1.28 bits per heavy atom. The Bertz CT molecular complexity index is 750. The minimum absolute atomic E-state index is 0. The molecule has 7 heteroatoms. The van der Waals surface area contributed by atoms with Crippen molar-refractivity contribution in [2.24, 2.45) is 4.99 Å². The highest BCUT2D eigenvalue weighted by Gasteiger charge is 2.19. The fourth-order valence-corrected chi connectivity index (χ4v) is 3.52. The van der Waals surface area contributed by atoms with E-state index in [1.54, 1.807) is 0 Å². The first kappa shape index (κ1) is 23.4. The molecule has 2 N–H and O–H groups in total. The van der Waals surface area contributed by atoms with Crippen molar-refractivity contribution >= 4 is 29.9 Å². The molecule has 1 fully saturated rings. The van der Waals surface area contributed by atoms with Gasteiger partial charge >= 0.3 is 0 Å². The molecule has 1 aliphatic rings. The van der Waals surface area contributed by atoms with Gasteiger partial charge in [-0.2, -0.15) is 0 Å². The molecule has 1 aliphatic heterocycles. The molecule has 1 saturated heterocycles. The van der Waals surface area contributed by atoms with Gasteiger partial charge in [0.2, 0.25) is 0 Å². The summed E-state index contributed by atoms with van der Waals surface area (Å²) in [4.78, 5) is 11.7. The van der Waals surface area contributed by atoms with Crippen LogP contribution in [0.15, 0.2) is 60.4 Å². The fraction of sp³-hybridized carbons (Fsp3) is 0.455. The Morgan fingerprint density at radius 2 is 2.03 bits per heavy atom. The SMILES string of the molecule is C=CCN1CCC(NC(=NCc2nccn2Cc2ccccc2)NCC)CC1.I. The van der Waals surface area contributed by atoms with Crippen LogP contribution in [-0.4, -0.2) is 52.6 Å². The number of rotatable bonds is 8. The van der Waals surface area contributed by atoms with Gasteiger partial charge in [-0.15, -0.1) is 30.6 Å². The van der Waals surface area contributed by atoms with Gasteiger partial charge in [0.15, 0.2) is 5.96 Å². The van der Waals surface area contributed by atoms with Gasteiger partial charge < -0.3 is 15.2 Å². The minimum atomic E-state index is 0. The van der Waals surface area contributed by atoms with Gasteiger partial charge in [-0.05, 0) is 25.3 Å². The van der Waals surface area contributed by atoms with Crippen molar-refractivity contribution in [1.82, 2.24) is 25.1 Å². The highest BCUT2D eigenvalue weighted by Crippen LogP contribution is 2.10. The molecule has 1 aromatic carbocycles. The van der Waals surface area contributed by atoms with Crippen molar-refractivity contribution < 1.29 is 0 Å². The molecule has 0 radical (unpaired) electrons. The van der Waals surface area contributed by atoms with E-state index in [2.05, 4.69) is 62.9 Å². The van der Waals surface area contributed by atoms with Crippen molar-refractivity contribution in [2.75, 3.05) is 26.2 Å². The van der Waals surface area contributed by atoms with E-state index in [9.17, 15) is 0 Å². The lowest BCUT2D eigenvalue weighted by Crippen LogP contribution is -2.48. The summed E-state index contributed by atoms with van der Waals surface area (Å²) < 4.78 is 2.16. The van der Waals surface area contributed by atoms with E-state index in [-0.39, 0.29) is 24.0 Å². The fourth-order valence-electron chi connectivity index (χ4n) is 3.52. The van der Waals surface area contributed by atoms with Crippen molar-refractivity contribution in [1.29, 1.82) is 0 Å². The first-order valence-corrected chi connectivity index (χ1v) is 10.2. The van der Waals surface area contributed by atoms with Gasteiger partial charge in [-0.3, -0.25) is 4.90 Å². The van der Waals surface area contributed by atoms with Gasteiger partial charge in [0.25, 0.3) is 0 Å². The number of nitrogens with one attached hydrogen (secondary N) is 2. The summed E-state index contributed by atoms with van der Waals surface area (Å²) in [6.45, 7) is 11.3. The van der Waals surface area contributed by atoms with Crippen molar-refractivity contribution in [3.8, 4) is 0 Å². The number of imidazole rings is 1. The van der Waals surface area contributed by atoms with E-state index in [0.29, 0.717) is 12.6 Å². The number of piperidine rings is 1. The third kappa shape index (κ3) is 7.47. The summed E-state index contributed by atoms with van der Waals surface area (Å²) in [5.41, 5.74) is 1.27. The molecular weight excluding hydrogens is 475 g/mol. The lowest BCUT2D eigenvalue weighted by molar-refractivity contribution is 0.225. The summed E-state index contributed by atoms with van der Waals surface area (Å²) in [5.74, 6) is 1.85. The first-order valence-electron chi connectivity index (χ1n) is 10.2. The third-order valence-electron chi connectivity index (χ3n) is 5.04. The smallest absolute Gasteiger partial charge is 0.191 e.